The van der Waals surface area contributed by atoms with E-state index in [4.69, 9.17) is 0 Å². The van der Waals surface area contributed by atoms with Crippen molar-refractivity contribution in [2.24, 2.45) is 4.99 Å². The minimum absolute atomic E-state index is 0.00638. The number of amidine groups is 1. The Bertz CT molecular complexity index is 485. The highest BCUT2D eigenvalue weighted by Gasteiger charge is 2.28. The summed E-state index contributed by atoms with van der Waals surface area (Å²) >= 11 is 6.33. The highest BCUT2D eigenvalue weighted by molar-refractivity contribution is 8.15. The number of hydrogen-bond donors (Lipinski definition) is 1. The van der Waals surface area contributed by atoms with Gasteiger partial charge in [-0.2, -0.15) is 0 Å². The summed E-state index contributed by atoms with van der Waals surface area (Å²) in [6, 6.07) is 6.10. The lowest BCUT2D eigenvalue weighted by atomic mass is 10.2. The zero-order chi connectivity index (χ0) is 14.1. The minimum Gasteiger partial charge on any atom is -0.420 e. The van der Waals surface area contributed by atoms with Crippen LogP contribution in [0.15, 0.2) is 29.3 Å². The number of halogens is 3. The molecule has 0 amide bonds. The molecule has 1 aromatic carbocycles. The summed E-state index contributed by atoms with van der Waals surface area (Å²) in [6.45, 7) is 4.96. The van der Waals surface area contributed by atoms with E-state index in [0.717, 1.165) is 17.4 Å². The van der Waals surface area contributed by atoms with Gasteiger partial charge in [-0.05, 0) is 38.1 Å². The molecule has 0 atom stereocenters. The molecular formula is C12H13ClF2N2OS. The van der Waals surface area contributed by atoms with Crippen LogP contribution in [0, 0.1) is 0 Å². The first-order chi connectivity index (χ1) is 8.73. The number of alkyl halides is 3. The van der Waals surface area contributed by atoms with Crippen LogP contribution in [0.25, 0.3) is 0 Å². The molecule has 0 aromatic heterocycles. The van der Waals surface area contributed by atoms with Crippen LogP contribution in [0.2, 0.25) is 0 Å². The number of ether oxygens (including phenoxy) is 1. The summed E-state index contributed by atoms with van der Waals surface area (Å²) in [4.78, 5) is 4.36. The molecule has 1 aromatic rings. The van der Waals surface area contributed by atoms with Crippen LogP contribution >= 0.6 is 23.4 Å². The molecule has 1 aliphatic rings. The molecule has 0 saturated carbocycles. The Morgan fingerprint density at radius 2 is 2.00 bits per heavy atom. The van der Waals surface area contributed by atoms with Gasteiger partial charge in [0.1, 0.15) is 5.75 Å². The van der Waals surface area contributed by atoms with Gasteiger partial charge in [0.25, 0.3) is 0 Å². The molecule has 7 heteroatoms. The van der Waals surface area contributed by atoms with E-state index in [0.29, 0.717) is 0 Å². The van der Waals surface area contributed by atoms with Gasteiger partial charge in [0.05, 0.1) is 6.54 Å². The van der Waals surface area contributed by atoms with E-state index in [9.17, 15) is 8.78 Å². The van der Waals surface area contributed by atoms with Gasteiger partial charge in [-0.25, -0.2) is 0 Å². The molecule has 2 rings (SSSR count). The van der Waals surface area contributed by atoms with E-state index in [-0.39, 0.29) is 10.5 Å². The van der Waals surface area contributed by atoms with Crippen LogP contribution in [0.1, 0.15) is 13.8 Å². The molecule has 0 radical (unpaired) electrons. The first-order valence-electron chi connectivity index (χ1n) is 5.60. The van der Waals surface area contributed by atoms with Gasteiger partial charge in [0.15, 0.2) is 5.17 Å². The molecule has 0 aliphatic carbocycles. The fourth-order valence-corrected chi connectivity index (χ4v) is 2.56. The fourth-order valence-electron chi connectivity index (χ4n) is 1.52. The van der Waals surface area contributed by atoms with Gasteiger partial charge in [-0.15, -0.1) is 8.78 Å². The molecular weight excluding hydrogens is 294 g/mol. The topological polar surface area (TPSA) is 33.6 Å². The maximum Gasteiger partial charge on any atom is 0.487 e. The molecule has 0 unspecified atom stereocenters. The van der Waals surface area contributed by atoms with Crippen molar-refractivity contribution >= 4 is 34.2 Å². The Balaban J connectivity index is 1.96. The predicted molar refractivity (Wildman–Crippen MR) is 75.5 cm³/mol. The van der Waals surface area contributed by atoms with E-state index in [1.807, 2.05) is 0 Å². The number of nitrogens with one attached hydrogen (secondary N) is 1. The number of nitrogens with zero attached hydrogens (tertiary/aromatic N) is 1. The minimum atomic E-state index is -3.69. The molecule has 0 fully saturated rings. The van der Waals surface area contributed by atoms with Crippen molar-refractivity contribution in [2.45, 2.75) is 24.2 Å². The van der Waals surface area contributed by atoms with Crippen molar-refractivity contribution in [1.29, 1.82) is 0 Å². The highest BCUT2D eigenvalue weighted by atomic mass is 35.5. The summed E-state index contributed by atoms with van der Waals surface area (Å²) in [5.74, 6) is 0.00638. The molecule has 1 N–H and O–H groups in total. The zero-order valence-corrected chi connectivity index (χ0v) is 12.0. The first-order valence-corrected chi connectivity index (χ1v) is 6.79. The summed E-state index contributed by atoms with van der Waals surface area (Å²) in [5.41, 5.74) is -2.93. The van der Waals surface area contributed by atoms with Crippen molar-refractivity contribution in [3.63, 3.8) is 0 Å². The van der Waals surface area contributed by atoms with Gasteiger partial charge in [0, 0.05) is 22.0 Å². The Labute approximate surface area is 119 Å². The van der Waals surface area contributed by atoms with Crippen molar-refractivity contribution < 1.29 is 13.5 Å². The fraction of sp³-hybridized carbons (Fsp3) is 0.417. The van der Waals surface area contributed by atoms with Gasteiger partial charge < -0.3 is 10.1 Å². The van der Waals surface area contributed by atoms with Crippen molar-refractivity contribution in [1.82, 2.24) is 0 Å². The quantitative estimate of drug-likeness (QED) is 0.852. The third-order valence-corrected chi connectivity index (χ3v) is 3.50. The van der Waals surface area contributed by atoms with Crippen LogP contribution in [0.4, 0.5) is 14.5 Å². The number of aliphatic imine (C=N–C) groups is 1. The van der Waals surface area contributed by atoms with E-state index in [1.54, 1.807) is 23.9 Å². The molecule has 104 valence electrons. The maximum atomic E-state index is 12.4. The third kappa shape index (κ3) is 4.54. The summed E-state index contributed by atoms with van der Waals surface area (Å²) in [6.07, 6.45) is 0. The smallest absolute Gasteiger partial charge is 0.420 e. The number of thioether (sulfide) groups is 1. The van der Waals surface area contributed by atoms with Crippen LogP contribution in [-0.4, -0.2) is 22.0 Å². The summed E-state index contributed by atoms with van der Waals surface area (Å²) < 4.78 is 29.2. The largest absolute Gasteiger partial charge is 0.487 e. The normalized spacial score (nSPS) is 18.1. The summed E-state index contributed by atoms with van der Waals surface area (Å²) in [5, 5.41) is 3.94. The van der Waals surface area contributed by atoms with Crippen LogP contribution < -0.4 is 10.1 Å². The molecule has 1 heterocycles. The monoisotopic (exact) mass is 306 g/mol. The first kappa shape index (κ1) is 14.4. The maximum absolute atomic E-state index is 12.4. The van der Waals surface area contributed by atoms with Crippen LogP contribution in [0.3, 0.4) is 0 Å². The Hall–Kier alpha value is -1.01. The van der Waals surface area contributed by atoms with Gasteiger partial charge in [-0.3, -0.25) is 4.99 Å². The lowest BCUT2D eigenvalue weighted by Crippen LogP contribution is -2.16. The SMILES string of the molecule is CC1(C)CN=C(Nc2ccc(OC(F)(F)Cl)cc2)S1. The van der Waals surface area contributed by atoms with E-state index in [1.165, 1.54) is 12.1 Å². The van der Waals surface area contributed by atoms with Gasteiger partial charge >= 0.3 is 5.57 Å². The Kier molecular flexibility index (Phi) is 3.92. The molecule has 0 spiro atoms. The van der Waals surface area contributed by atoms with Crippen LogP contribution in [-0.2, 0) is 0 Å². The lowest BCUT2D eigenvalue weighted by Gasteiger charge is -2.14. The van der Waals surface area contributed by atoms with Gasteiger partial charge in [-0.1, -0.05) is 11.8 Å². The Morgan fingerprint density at radius 3 is 2.47 bits per heavy atom. The number of hydrogen-bond acceptors (Lipinski definition) is 4. The second kappa shape index (κ2) is 5.17. The number of rotatable bonds is 3. The second-order valence-electron chi connectivity index (χ2n) is 4.68. The highest BCUT2D eigenvalue weighted by Crippen LogP contribution is 2.32. The summed E-state index contributed by atoms with van der Waals surface area (Å²) in [7, 11) is 0. The van der Waals surface area contributed by atoms with Crippen molar-refractivity contribution in [3.05, 3.63) is 24.3 Å². The number of anilines is 1. The van der Waals surface area contributed by atoms with Gasteiger partial charge in [0.2, 0.25) is 0 Å². The Morgan fingerprint density at radius 1 is 1.37 bits per heavy atom. The lowest BCUT2D eigenvalue weighted by molar-refractivity contribution is -0.0964. The average molecular weight is 307 g/mol. The average Bonchev–Trinajstić information content (AvgIpc) is 2.59. The third-order valence-electron chi connectivity index (χ3n) is 2.32. The standard InChI is InChI=1S/C12H13ClF2N2OS/c1-11(2)7-16-10(19-11)17-8-3-5-9(6-4-8)18-12(13,14)15/h3-6H,7H2,1-2H3,(H,16,17). The molecule has 3 nitrogen and oxygen atoms in total. The molecule has 19 heavy (non-hydrogen) atoms. The van der Waals surface area contributed by atoms with E-state index >= 15 is 0 Å². The number of benzene rings is 1. The molecule has 1 aliphatic heterocycles. The predicted octanol–water partition coefficient (Wildman–Crippen LogP) is 4.15. The van der Waals surface area contributed by atoms with E-state index in [2.05, 4.69) is 40.5 Å². The van der Waals surface area contributed by atoms with Crippen molar-refractivity contribution in [3.8, 4) is 5.75 Å². The van der Waals surface area contributed by atoms with Crippen LogP contribution in [0.5, 0.6) is 5.75 Å². The molecule has 0 saturated heterocycles. The molecule has 0 bridgehead atoms. The second-order valence-corrected chi connectivity index (χ2v) is 6.82. The zero-order valence-electron chi connectivity index (χ0n) is 10.4. The van der Waals surface area contributed by atoms with Crippen molar-refractivity contribution in [2.75, 3.05) is 11.9 Å². The van der Waals surface area contributed by atoms with E-state index < -0.39 is 5.57 Å².